The number of nitro benzene ring substituents is 1. The van der Waals surface area contributed by atoms with Crippen LogP contribution in [-0.2, 0) is 6.54 Å². The molecule has 0 aliphatic carbocycles. The smallest absolute Gasteiger partial charge is 0.271 e. The molecule has 24 heavy (non-hydrogen) atoms. The molecule has 2 aromatic carbocycles. The van der Waals surface area contributed by atoms with Gasteiger partial charge in [-0.15, -0.1) is 0 Å². The van der Waals surface area contributed by atoms with Crippen LogP contribution in [0.4, 0.5) is 11.4 Å². The van der Waals surface area contributed by atoms with E-state index >= 15 is 0 Å². The normalized spacial score (nSPS) is 10.5. The number of anilines is 1. The number of nitrogens with zero attached hydrogens (tertiary/aromatic N) is 1. The Balaban J connectivity index is 2.37. The highest BCUT2D eigenvalue weighted by atomic mass is 16.6. The lowest BCUT2D eigenvalue weighted by Crippen LogP contribution is -2.10. The largest absolute Gasteiger partial charge is 0.381 e. The summed E-state index contributed by atoms with van der Waals surface area (Å²) in [5.41, 5.74) is 6.59. The van der Waals surface area contributed by atoms with Gasteiger partial charge in [-0.2, -0.15) is 0 Å². The average molecular weight is 326 g/mol. The molecule has 0 aliphatic rings. The Hall–Kier alpha value is -2.69. The minimum atomic E-state index is -0.402. The van der Waals surface area contributed by atoms with Gasteiger partial charge in [-0.3, -0.25) is 14.9 Å². The van der Waals surface area contributed by atoms with Gasteiger partial charge in [-0.1, -0.05) is 12.1 Å². The van der Waals surface area contributed by atoms with Gasteiger partial charge in [0.2, 0.25) is 0 Å². The number of aryl methyl sites for hydroxylation is 3. The lowest BCUT2D eigenvalue weighted by atomic mass is 9.91. The zero-order valence-corrected chi connectivity index (χ0v) is 14.7. The third-order valence-electron chi connectivity index (χ3n) is 4.37. The van der Waals surface area contributed by atoms with Crippen LogP contribution in [0.1, 0.15) is 45.1 Å². The van der Waals surface area contributed by atoms with E-state index in [1.165, 1.54) is 6.07 Å². The van der Waals surface area contributed by atoms with Crippen molar-refractivity contribution < 1.29 is 9.72 Å². The standard InChI is InChI=1S/C19H22N2O3/c1-11-6-7-16(21(23)24)9-18(11)20-10-17-12(2)8-13(3)19(14(17)4)15(5)22/h6-9,20H,10H2,1-5H3. The molecule has 0 radical (unpaired) electrons. The van der Waals surface area contributed by atoms with E-state index in [2.05, 4.69) is 5.32 Å². The van der Waals surface area contributed by atoms with Gasteiger partial charge in [0.15, 0.2) is 5.78 Å². The van der Waals surface area contributed by atoms with Gasteiger partial charge in [0, 0.05) is 29.9 Å². The van der Waals surface area contributed by atoms with Crippen molar-refractivity contribution in [1.29, 1.82) is 0 Å². The van der Waals surface area contributed by atoms with Crippen molar-refractivity contribution in [1.82, 2.24) is 0 Å². The highest BCUT2D eigenvalue weighted by molar-refractivity contribution is 5.97. The van der Waals surface area contributed by atoms with E-state index in [4.69, 9.17) is 0 Å². The molecule has 0 bridgehead atoms. The first-order chi connectivity index (χ1) is 11.2. The number of non-ortho nitro benzene ring substituents is 1. The number of rotatable bonds is 5. The van der Waals surface area contributed by atoms with Crippen molar-refractivity contribution >= 4 is 17.2 Å². The minimum Gasteiger partial charge on any atom is -0.381 e. The highest BCUT2D eigenvalue weighted by Gasteiger charge is 2.15. The predicted octanol–water partition coefficient (Wildman–Crippen LogP) is 4.64. The van der Waals surface area contributed by atoms with Crippen LogP contribution < -0.4 is 5.32 Å². The lowest BCUT2D eigenvalue weighted by Gasteiger charge is -2.17. The summed E-state index contributed by atoms with van der Waals surface area (Å²) in [6.07, 6.45) is 0. The maximum Gasteiger partial charge on any atom is 0.271 e. The Labute approximate surface area is 141 Å². The number of hydrogen-bond acceptors (Lipinski definition) is 4. The van der Waals surface area contributed by atoms with E-state index in [1.54, 1.807) is 19.1 Å². The van der Waals surface area contributed by atoms with Crippen molar-refractivity contribution in [3.05, 3.63) is 67.8 Å². The van der Waals surface area contributed by atoms with Gasteiger partial charge in [0.05, 0.1) is 4.92 Å². The molecule has 2 rings (SSSR count). The highest BCUT2D eigenvalue weighted by Crippen LogP contribution is 2.26. The molecular formula is C19H22N2O3. The molecule has 0 saturated heterocycles. The van der Waals surface area contributed by atoms with E-state index in [-0.39, 0.29) is 11.5 Å². The third-order valence-corrected chi connectivity index (χ3v) is 4.37. The molecule has 5 nitrogen and oxygen atoms in total. The summed E-state index contributed by atoms with van der Waals surface area (Å²) < 4.78 is 0. The maximum atomic E-state index is 11.9. The van der Waals surface area contributed by atoms with Crippen molar-refractivity contribution in [2.75, 3.05) is 5.32 Å². The fourth-order valence-corrected chi connectivity index (χ4v) is 3.14. The molecule has 0 aromatic heterocycles. The fourth-order valence-electron chi connectivity index (χ4n) is 3.14. The summed E-state index contributed by atoms with van der Waals surface area (Å²) in [7, 11) is 0. The summed E-state index contributed by atoms with van der Waals surface area (Å²) in [4.78, 5) is 22.4. The number of nitro groups is 1. The molecule has 5 heteroatoms. The van der Waals surface area contributed by atoms with Gasteiger partial charge < -0.3 is 5.32 Å². The molecule has 2 aromatic rings. The number of carbonyl (C=O) groups excluding carboxylic acids is 1. The molecule has 0 unspecified atom stereocenters. The first-order valence-corrected chi connectivity index (χ1v) is 7.82. The quantitative estimate of drug-likeness (QED) is 0.493. The molecule has 0 heterocycles. The van der Waals surface area contributed by atoms with Gasteiger partial charge in [-0.25, -0.2) is 0 Å². The van der Waals surface area contributed by atoms with Crippen molar-refractivity contribution in [3.63, 3.8) is 0 Å². The van der Waals surface area contributed by atoms with Crippen LogP contribution >= 0.6 is 0 Å². The summed E-state index contributed by atoms with van der Waals surface area (Å²) in [5.74, 6) is 0.0535. The Morgan fingerprint density at radius 2 is 1.75 bits per heavy atom. The van der Waals surface area contributed by atoms with Crippen LogP contribution in [0.5, 0.6) is 0 Å². The number of hydrogen-bond donors (Lipinski definition) is 1. The van der Waals surface area contributed by atoms with Gasteiger partial charge >= 0.3 is 0 Å². The molecule has 0 atom stereocenters. The van der Waals surface area contributed by atoms with Crippen molar-refractivity contribution in [2.45, 2.75) is 41.2 Å². The van der Waals surface area contributed by atoms with E-state index < -0.39 is 4.92 Å². The zero-order valence-electron chi connectivity index (χ0n) is 14.7. The summed E-state index contributed by atoms with van der Waals surface area (Å²) >= 11 is 0. The molecule has 0 aliphatic heterocycles. The fraction of sp³-hybridized carbons (Fsp3) is 0.316. The molecular weight excluding hydrogens is 304 g/mol. The first-order valence-electron chi connectivity index (χ1n) is 7.82. The lowest BCUT2D eigenvalue weighted by molar-refractivity contribution is -0.384. The Morgan fingerprint density at radius 1 is 1.08 bits per heavy atom. The molecule has 126 valence electrons. The monoisotopic (exact) mass is 326 g/mol. The average Bonchev–Trinajstić information content (AvgIpc) is 2.47. The Morgan fingerprint density at radius 3 is 2.33 bits per heavy atom. The van der Waals surface area contributed by atoms with Crippen molar-refractivity contribution in [3.8, 4) is 0 Å². The van der Waals surface area contributed by atoms with E-state index in [9.17, 15) is 14.9 Å². The van der Waals surface area contributed by atoms with E-state index in [0.717, 1.165) is 39.1 Å². The maximum absolute atomic E-state index is 11.9. The minimum absolute atomic E-state index is 0.0535. The first kappa shape index (κ1) is 17.7. The van der Waals surface area contributed by atoms with Crippen LogP contribution in [0.15, 0.2) is 24.3 Å². The van der Waals surface area contributed by atoms with Crippen LogP contribution in [0.2, 0.25) is 0 Å². The summed E-state index contributed by atoms with van der Waals surface area (Å²) in [6.45, 7) is 9.91. The van der Waals surface area contributed by atoms with E-state index in [1.807, 2.05) is 33.8 Å². The number of Topliss-reactive ketones (excluding diaryl/α,β-unsaturated/α-hetero) is 1. The Kier molecular flexibility index (Phi) is 5.02. The number of ketones is 1. The summed E-state index contributed by atoms with van der Waals surface area (Å²) in [6, 6.07) is 6.79. The van der Waals surface area contributed by atoms with Gasteiger partial charge in [0.1, 0.15) is 0 Å². The van der Waals surface area contributed by atoms with Gasteiger partial charge in [0.25, 0.3) is 5.69 Å². The Bertz CT molecular complexity index is 826. The van der Waals surface area contributed by atoms with Crippen molar-refractivity contribution in [2.24, 2.45) is 0 Å². The number of carbonyl (C=O) groups is 1. The SMILES string of the molecule is CC(=O)c1c(C)cc(C)c(CNc2cc([N+](=O)[O-])ccc2C)c1C. The van der Waals surface area contributed by atoms with Crippen LogP contribution in [0.3, 0.4) is 0 Å². The zero-order chi connectivity index (χ0) is 18.0. The van der Waals surface area contributed by atoms with Crippen LogP contribution in [-0.4, -0.2) is 10.7 Å². The van der Waals surface area contributed by atoms with Crippen LogP contribution in [0.25, 0.3) is 0 Å². The second-order valence-corrected chi connectivity index (χ2v) is 6.15. The second-order valence-electron chi connectivity index (χ2n) is 6.15. The molecule has 0 amide bonds. The number of benzene rings is 2. The van der Waals surface area contributed by atoms with E-state index in [0.29, 0.717) is 6.54 Å². The molecule has 1 N–H and O–H groups in total. The number of nitrogens with one attached hydrogen (secondary N) is 1. The predicted molar refractivity (Wildman–Crippen MR) is 95.8 cm³/mol. The third kappa shape index (κ3) is 3.45. The van der Waals surface area contributed by atoms with Crippen LogP contribution in [0, 0.1) is 37.8 Å². The topological polar surface area (TPSA) is 72.2 Å². The second kappa shape index (κ2) is 6.83. The summed E-state index contributed by atoms with van der Waals surface area (Å²) in [5, 5.41) is 14.2. The van der Waals surface area contributed by atoms with Gasteiger partial charge in [-0.05, 0) is 62.4 Å². The molecule has 0 saturated carbocycles. The molecule has 0 spiro atoms. The molecule has 0 fully saturated rings.